The van der Waals surface area contributed by atoms with Gasteiger partial charge < -0.3 is 30.1 Å². The maximum Gasteiger partial charge on any atom is 0.237 e. The summed E-state index contributed by atoms with van der Waals surface area (Å²) in [6.45, 7) is 12.3. The van der Waals surface area contributed by atoms with E-state index in [1.165, 1.54) is 0 Å². The second-order valence-electron chi connectivity index (χ2n) is 12.3. The van der Waals surface area contributed by atoms with Gasteiger partial charge >= 0.3 is 0 Å². The fourth-order valence-corrected chi connectivity index (χ4v) is 6.13. The molecule has 1 unspecified atom stereocenters. The van der Waals surface area contributed by atoms with Crippen LogP contribution in [0.3, 0.4) is 0 Å². The normalized spacial score (nSPS) is 20.9. The smallest absolute Gasteiger partial charge is 0.237 e. The second kappa shape index (κ2) is 17.7. The minimum Gasteiger partial charge on any atom is -0.386 e. The molecule has 9 atom stereocenters. The third-order valence-corrected chi connectivity index (χ3v) is 9.07. The first kappa shape index (κ1) is 36.7. The summed E-state index contributed by atoms with van der Waals surface area (Å²) < 4.78 is 11.8. The van der Waals surface area contributed by atoms with Gasteiger partial charge in [0, 0.05) is 33.9 Å². The molecule has 4 N–H and O–H groups in total. The number of methoxy groups -OCH3 is 2. The maximum atomic E-state index is 13.8. The number of rotatable bonds is 17. The van der Waals surface area contributed by atoms with E-state index in [4.69, 9.17) is 9.47 Å². The van der Waals surface area contributed by atoms with E-state index in [-0.39, 0.29) is 48.1 Å². The Balaban J connectivity index is 2.16. The Morgan fingerprint density at radius 2 is 1.67 bits per heavy atom. The van der Waals surface area contributed by atoms with Crippen LogP contribution in [0.4, 0.5) is 0 Å². The monoisotopic (exact) mass is 604 g/mol. The maximum absolute atomic E-state index is 13.8. The molecule has 1 aliphatic heterocycles. The number of hydrogen-bond acceptors (Lipinski definition) is 7. The Bertz CT molecular complexity index is 1010. The van der Waals surface area contributed by atoms with E-state index in [1.54, 1.807) is 35.1 Å². The first-order valence-electron chi connectivity index (χ1n) is 15.8. The van der Waals surface area contributed by atoms with E-state index in [2.05, 4.69) is 29.8 Å². The molecular weight excluding hydrogens is 548 g/mol. The standard InChI is InChI=1S/C33H56N4O6/c1-10-21(4)29(36-28(20(2)3)33(41)34-7)26(42-8)19-27(38)37-18-14-17-25(37)31(43-9)22(5)32(40)35-23(6)30(39)24-15-12-11-13-16-24/h11-13,15-16,20-23,25-26,28-31,36,39H,10,14,17-19H2,1-9H3,(H,34,41)(H,35,40)/t21-,22+,23+,25-,26?,28+,29-,30+,31+/m0/s1. The quantitative estimate of drug-likeness (QED) is 0.215. The lowest BCUT2D eigenvalue weighted by atomic mass is 9.89. The SMILES string of the molecule is CC[C@H](C)[C@H](N[C@@H](C(=O)NC)C(C)C)C(CC(=O)N1CCC[C@H]1[C@H](OC)[C@@H](C)C(=O)N[C@H](C)[C@@H](O)c1ccccc1)OC. The molecule has 1 saturated heterocycles. The van der Waals surface area contributed by atoms with Crippen molar-refractivity contribution in [2.75, 3.05) is 27.8 Å². The van der Waals surface area contributed by atoms with Crippen molar-refractivity contribution in [3.8, 4) is 0 Å². The predicted molar refractivity (Wildman–Crippen MR) is 168 cm³/mol. The molecule has 0 bridgehead atoms. The average Bonchev–Trinajstić information content (AvgIpc) is 3.49. The molecule has 1 fully saturated rings. The van der Waals surface area contributed by atoms with Crippen LogP contribution in [-0.4, -0.2) is 91.9 Å². The van der Waals surface area contributed by atoms with E-state index in [1.807, 2.05) is 49.1 Å². The minimum atomic E-state index is -0.848. The third kappa shape index (κ3) is 9.73. The highest BCUT2D eigenvalue weighted by molar-refractivity contribution is 5.82. The van der Waals surface area contributed by atoms with Crippen LogP contribution in [0.5, 0.6) is 0 Å². The Morgan fingerprint density at radius 3 is 2.21 bits per heavy atom. The van der Waals surface area contributed by atoms with Crippen molar-refractivity contribution < 1.29 is 29.0 Å². The summed E-state index contributed by atoms with van der Waals surface area (Å²) in [6.07, 6.45) is 0.717. The Morgan fingerprint density at radius 1 is 1.02 bits per heavy atom. The van der Waals surface area contributed by atoms with E-state index in [9.17, 15) is 19.5 Å². The van der Waals surface area contributed by atoms with Crippen LogP contribution in [0.25, 0.3) is 0 Å². The lowest BCUT2D eigenvalue weighted by Gasteiger charge is -2.38. The van der Waals surface area contributed by atoms with Crippen molar-refractivity contribution >= 4 is 17.7 Å². The van der Waals surface area contributed by atoms with Crippen LogP contribution in [0.2, 0.25) is 0 Å². The molecule has 0 aromatic heterocycles. The van der Waals surface area contributed by atoms with Crippen LogP contribution in [0, 0.1) is 17.8 Å². The number of likely N-dealkylation sites (tertiary alicyclic amines) is 1. The van der Waals surface area contributed by atoms with Gasteiger partial charge in [-0.3, -0.25) is 19.7 Å². The molecule has 1 aliphatic rings. The van der Waals surface area contributed by atoms with Gasteiger partial charge in [-0.25, -0.2) is 0 Å². The molecule has 10 heteroatoms. The summed E-state index contributed by atoms with van der Waals surface area (Å²) in [5.41, 5.74) is 0.728. The fraction of sp³-hybridized carbons (Fsp3) is 0.727. The van der Waals surface area contributed by atoms with Crippen molar-refractivity contribution in [1.29, 1.82) is 0 Å². The van der Waals surface area contributed by atoms with E-state index < -0.39 is 36.3 Å². The summed E-state index contributed by atoms with van der Waals surface area (Å²) in [6, 6.07) is 7.82. The Labute approximate surface area is 258 Å². The highest BCUT2D eigenvalue weighted by Crippen LogP contribution is 2.29. The largest absolute Gasteiger partial charge is 0.386 e. The van der Waals surface area contributed by atoms with Crippen molar-refractivity contribution in [2.24, 2.45) is 17.8 Å². The molecule has 3 amide bonds. The number of nitrogens with one attached hydrogen (secondary N) is 3. The first-order valence-corrected chi connectivity index (χ1v) is 15.8. The summed E-state index contributed by atoms with van der Waals surface area (Å²) in [5.74, 6) is -0.742. The van der Waals surface area contributed by atoms with Crippen LogP contribution in [0.15, 0.2) is 30.3 Å². The molecule has 0 saturated carbocycles. The van der Waals surface area contributed by atoms with E-state index in [0.29, 0.717) is 6.54 Å². The Hall–Kier alpha value is -2.53. The van der Waals surface area contributed by atoms with E-state index in [0.717, 1.165) is 24.8 Å². The number of aliphatic hydroxyl groups is 1. The molecule has 1 aromatic carbocycles. The van der Waals surface area contributed by atoms with Gasteiger partial charge in [0.15, 0.2) is 0 Å². The molecule has 43 heavy (non-hydrogen) atoms. The molecule has 1 aromatic rings. The zero-order chi connectivity index (χ0) is 32.3. The van der Waals surface area contributed by atoms with Gasteiger partial charge in [-0.2, -0.15) is 0 Å². The topological polar surface area (TPSA) is 129 Å². The first-order chi connectivity index (χ1) is 20.4. The van der Waals surface area contributed by atoms with Crippen LogP contribution in [0.1, 0.15) is 78.9 Å². The van der Waals surface area contributed by atoms with Crippen molar-refractivity contribution in [3.05, 3.63) is 35.9 Å². The summed E-state index contributed by atoms with van der Waals surface area (Å²) in [4.78, 5) is 41.6. The van der Waals surface area contributed by atoms with Gasteiger partial charge in [0.05, 0.1) is 48.8 Å². The summed E-state index contributed by atoms with van der Waals surface area (Å²) in [7, 11) is 4.81. The summed E-state index contributed by atoms with van der Waals surface area (Å²) in [5, 5.41) is 19.9. The number of hydrogen-bond donors (Lipinski definition) is 4. The number of carbonyl (C=O) groups is 3. The highest BCUT2D eigenvalue weighted by atomic mass is 16.5. The van der Waals surface area contributed by atoms with Gasteiger partial charge in [-0.05, 0) is 37.2 Å². The number of benzene rings is 1. The lowest BCUT2D eigenvalue weighted by molar-refractivity contribution is -0.142. The van der Waals surface area contributed by atoms with Gasteiger partial charge in [0.2, 0.25) is 17.7 Å². The van der Waals surface area contributed by atoms with Crippen LogP contribution in [-0.2, 0) is 23.9 Å². The molecule has 244 valence electrons. The van der Waals surface area contributed by atoms with Gasteiger partial charge in [-0.15, -0.1) is 0 Å². The lowest BCUT2D eigenvalue weighted by Crippen LogP contribution is -2.57. The van der Waals surface area contributed by atoms with Crippen LogP contribution >= 0.6 is 0 Å². The van der Waals surface area contributed by atoms with Crippen molar-refractivity contribution in [3.63, 3.8) is 0 Å². The van der Waals surface area contributed by atoms with Gasteiger partial charge in [-0.1, -0.05) is 71.4 Å². The molecule has 0 radical (unpaired) electrons. The van der Waals surface area contributed by atoms with Crippen molar-refractivity contribution in [2.45, 2.75) is 110 Å². The molecule has 0 spiro atoms. The zero-order valence-corrected chi connectivity index (χ0v) is 27.6. The second-order valence-corrected chi connectivity index (χ2v) is 12.3. The van der Waals surface area contributed by atoms with Gasteiger partial charge in [0.1, 0.15) is 0 Å². The molecular formula is C33H56N4O6. The van der Waals surface area contributed by atoms with Crippen LogP contribution < -0.4 is 16.0 Å². The highest BCUT2D eigenvalue weighted by Gasteiger charge is 2.42. The molecule has 2 rings (SSSR count). The third-order valence-electron chi connectivity index (χ3n) is 9.07. The van der Waals surface area contributed by atoms with Crippen molar-refractivity contribution in [1.82, 2.24) is 20.9 Å². The number of carbonyl (C=O) groups excluding carboxylic acids is 3. The number of ether oxygens (including phenoxy) is 2. The molecule has 0 aliphatic carbocycles. The number of likely N-dealkylation sites (N-methyl/N-ethyl adjacent to an activating group) is 1. The zero-order valence-electron chi connectivity index (χ0n) is 27.6. The average molecular weight is 605 g/mol. The molecule has 10 nitrogen and oxygen atoms in total. The number of amides is 3. The number of nitrogens with zero attached hydrogens (tertiary/aromatic N) is 1. The molecule has 1 heterocycles. The predicted octanol–water partition coefficient (Wildman–Crippen LogP) is 3.05. The summed E-state index contributed by atoms with van der Waals surface area (Å²) >= 11 is 0. The Kier molecular flexibility index (Phi) is 15.1. The fourth-order valence-electron chi connectivity index (χ4n) is 6.13. The van der Waals surface area contributed by atoms with E-state index >= 15 is 0 Å². The minimum absolute atomic E-state index is 0.0503. The number of aliphatic hydroxyl groups excluding tert-OH is 1. The van der Waals surface area contributed by atoms with Gasteiger partial charge in [0.25, 0.3) is 0 Å².